The lowest BCUT2D eigenvalue weighted by molar-refractivity contribution is 0.102. The van der Waals surface area contributed by atoms with E-state index in [0.29, 0.717) is 39.8 Å². The number of amides is 1. The van der Waals surface area contributed by atoms with Gasteiger partial charge in [0.15, 0.2) is 0 Å². The van der Waals surface area contributed by atoms with Gasteiger partial charge in [-0.3, -0.25) is 13.9 Å². The Morgan fingerprint density at radius 2 is 1.90 bits per heavy atom. The molecule has 0 spiro atoms. The monoisotopic (exact) mass is 461 g/mol. The number of aromatic amines is 1. The molecule has 3 aromatic rings. The van der Waals surface area contributed by atoms with Crippen molar-refractivity contribution in [2.75, 3.05) is 21.9 Å². The van der Waals surface area contributed by atoms with Crippen molar-refractivity contribution in [1.29, 1.82) is 0 Å². The minimum atomic E-state index is -1.09. The number of rotatable bonds is 4. The van der Waals surface area contributed by atoms with Gasteiger partial charge in [-0.15, -0.1) is 0 Å². The Balaban J connectivity index is 1.63. The highest BCUT2D eigenvalue weighted by Gasteiger charge is 2.22. The highest BCUT2D eigenvalue weighted by atomic mass is 35.5. The molecule has 1 amide bonds. The second-order valence-electron chi connectivity index (χ2n) is 6.77. The van der Waals surface area contributed by atoms with Crippen molar-refractivity contribution in [2.45, 2.75) is 6.42 Å². The van der Waals surface area contributed by atoms with Crippen LogP contribution in [0, 0.1) is 0 Å². The van der Waals surface area contributed by atoms with E-state index in [-0.39, 0.29) is 16.1 Å². The third-order valence-electron chi connectivity index (χ3n) is 4.67. The van der Waals surface area contributed by atoms with Crippen LogP contribution >= 0.6 is 23.2 Å². The van der Waals surface area contributed by atoms with Gasteiger partial charge in [0.05, 0.1) is 16.3 Å². The summed E-state index contributed by atoms with van der Waals surface area (Å²) in [5, 5.41) is 3.51. The fraction of sp³-hybridized carbons (Fsp3) is 0.143. The van der Waals surface area contributed by atoms with Gasteiger partial charge < -0.3 is 10.3 Å². The predicted octanol–water partition coefficient (Wildman–Crippen LogP) is 4.47. The normalized spacial score (nSPS) is 15.9. The van der Waals surface area contributed by atoms with Crippen LogP contribution in [0.4, 0.5) is 11.4 Å². The Kier molecular flexibility index (Phi) is 5.94. The van der Waals surface area contributed by atoms with Crippen molar-refractivity contribution in [2.24, 2.45) is 0 Å². The highest BCUT2D eigenvalue weighted by Crippen LogP contribution is 2.29. The Bertz CT molecular complexity index is 1210. The van der Waals surface area contributed by atoms with Gasteiger partial charge in [0, 0.05) is 35.3 Å². The molecule has 1 saturated heterocycles. The van der Waals surface area contributed by atoms with Crippen LogP contribution in [0.5, 0.6) is 0 Å². The van der Waals surface area contributed by atoms with Crippen molar-refractivity contribution in [1.82, 2.24) is 4.98 Å². The van der Waals surface area contributed by atoms with Crippen LogP contribution in [0.2, 0.25) is 10.0 Å². The van der Waals surface area contributed by atoms with Crippen molar-refractivity contribution in [3.8, 4) is 11.1 Å². The second-order valence-corrected chi connectivity index (χ2v) is 9.11. The van der Waals surface area contributed by atoms with Crippen LogP contribution in [0.25, 0.3) is 11.1 Å². The molecule has 154 valence electrons. The van der Waals surface area contributed by atoms with E-state index >= 15 is 0 Å². The lowest BCUT2D eigenvalue weighted by Crippen LogP contribution is -2.20. The standard InChI is InChI=1S/C21H17Cl2N3O3S/c22-15-8-14(13-4-5-24-20(27)10-13)9-16(11-15)25-21(28)18-12-17(2-3-19(18)23)26-6-1-7-30(26)29/h2-5,8-12H,1,6-7H2,(H,24,27)(H,25,28). The molecule has 1 aliphatic heterocycles. The van der Waals surface area contributed by atoms with Gasteiger partial charge in [-0.05, 0) is 60.0 Å². The lowest BCUT2D eigenvalue weighted by Gasteiger charge is -2.17. The molecule has 6 nitrogen and oxygen atoms in total. The molecule has 1 atom stereocenters. The summed E-state index contributed by atoms with van der Waals surface area (Å²) < 4.78 is 13.9. The maximum Gasteiger partial charge on any atom is 0.257 e. The molecule has 2 N–H and O–H groups in total. The SMILES string of the molecule is O=C(Nc1cc(Cl)cc(-c2cc[nH]c(=O)c2)c1)c1cc(N2CCCS2=O)ccc1Cl. The smallest absolute Gasteiger partial charge is 0.257 e. The largest absolute Gasteiger partial charge is 0.329 e. The Morgan fingerprint density at radius 1 is 1.07 bits per heavy atom. The molecular weight excluding hydrogens is 445 g/mol. The van der Waals surface area contributed by atoms with E-state index in [1.807, 2.05) is 0 Å². The average molecular weight is 462 g/mol. The first-order chi connectivity index (χ1) is 14.4. The fourth-order valence-electron chi connectivity index (χ4n) is 3.28. The van der Waals surface area contributed by atoms with E-state index in [0.717, 1.165) is 6.42 Å². The predicted molar refractivity (Wildman–Crippen MR) is 122 cm³/mol. The van der Waals surface area contributed by atoms with Crippen molar-refractivity contribution in [3.63, 3.8) is 0 Å². The van der Waals surface area contributed by atoms with E-state index in [1.165, 1.54) is 6.07 Å². The van der Waals surface area contributed by atoms with Gasteiger partial charge in [0.1, 0.15) is 11.0 Å². The summed E-state index contributed by atoms with van der Waals surface area (Å²) in [5.74, 6) is 0.198. The van der Waals surface area contributed by atoms with Gasteiger partial charge in [0.25, 0.3) is 5.91 Å². The van der Waals surface area contributed by atoms with Crippen LogP contribution < -0.4 is 15.2 Å². The molecular formula is C21H17Cl2N3O3S. The number of carbonyl (C=O) groups excluding carboxylic acids is 1. The molecule has 0 radical (unpaired) electrons. The van der Waals surface area contributed by atoms with Gasteiger partial charge >= 0.3 is 0 Å². The number of nitrogens with zero attached hydrogens (tertiary/aromatic N) is 1. The van der Waals surface area contributed by atoms with Crippen LogP contribution in [0.1, 0.15) is 16.8 Å². The maximum atomic E-state index is 12.9. The third kappa shape index (κ3) is 4.43. The first-order valence-electron chi connectivity index (χ1n) is 9.17. The van der Waals surface area contributed by atoms with E-state index < -0.39 is 16.9 Å². The van der Waals surface area contributed by atoms with Crippen LogP contribution in [0.15, 0.2) is 59.5 Å². The molecule has 1 aromatic heterocycles. The van der Waals surface area contributed by atoms with E-state index in [9.17, 15) is 13.8 Å². The van der Waals surface area contributed by atoms with Gasteiger partial charge in [0.2, 0.25) is 5.56 Å². The Morgan fingerprint density at radius 3 is 2.63 bits per heavy atom. The van der Waals surface area contributed by atoms with Crippen LogP contribution in [-0.4, -0.2) is 27.4 Å². The number of pyridine rings is 1. The van der Waals surface area contributed by atoms with Crippen molar-refractivity contribution < 1.29 is 9.00 Å². The van der Waals surface area contributed by atoms with Crippen LogP contribution in [-0.2, 0) is 11.0 Å². The molecule has 1 unspecified atom stereocenters. The Labute approximate surface area is 185 Å². The molecule has 0 saturated carbocycles. The fourth-order valence-corrected chi connectivity index (χ4v) is 5.00. The highest BCUT2D eigenvalue weighted by molar-refractivity contribution is 7.86. The minimum absolute atomic E-state index is 0.235. The summed E-state index contributed by atoms with van der Waals surface area (Å²) in [7, 11) is -1.09. The van der Waals surface area contributed by atoms with Gasteiger partial charge in [-0.2, -0.15) is 0 Å². The second kappa shape index (κ2) is 8.63. The molecule has 9 heteroatoms. The third-order valence-corrected chi connectivity index (χ3v) is 6.74. The number of carbonyl (C=O) groups is 1. The first-order valence-corrected chi connectivity index (χ1v) is 11.2. The lowest BCUT2D eigenvalue weighted by atomic mass is 10.1. The molecule has 0 aliphatic carbocycles. The molecule has 1 aliphatic rings. The first kappa shape index (κ1) is 20.7. The summed E-state index contributed by atoms with van der Waals surface area (Å²) in [5.41, 5.74) is 2.56. The number of nitrogens with one attached hydrogen (secondary N) is 2. The number of halogens is 2. The molecule has 1 fully saturated rings. The number of H-pyrrole nitrogens is 1. The molecule has 4 rings (SSSR count). The topological polar surface area (TPSA) is 82.3 Å². The summed E-state index contributed by atoms with van der Waals surface area (Å²) in [6, 6.07) is 13.3. The summed E-state index contributed by atoms with van der Waals surface area (Å²) in [4.78, 5) is 27.1. The summed E-state index contributed by atoms with van der Waals surface area (Å²) in [6.45, 7) is 0.670. The zero-order chi connectivity index (χ0) is 21.3. The zero-order valence-corrected chi connectivity index (χ0v) is 18.0. The van der Waals surface area contributed by atoms with E-state index in [2.05, 4.69) is 10.3 Å². The zero-order valence-electron chi connectivity index (χ0n) is 15.7. The minimum Gasteiger partial charge on any atom is -0.329 e. The number of aromatic nitrogens is 1. The van der Waals surface area contributed by atoms with Crippen molar-refractivity contribution >= 4 is 51.5 Å². The summed E-state index contributed by atoms with van der Waals surface area (Å²) >= 11 is 12.5. The Hall–Kier alpha value is -2.61. The van der Waals surface area contributed by atoms with E-state index in [4.69, 9.17) is 23.2 Å². The number of anilines is 2. The van der Waals surface area contributed by atoms with Gasteiger partial charge in [-0.1, -0.05) is 23.2 Å². The van der Waals surface area contributed by atoms with Crippen LogP contribution in [0.3, 0.4) is 0 Å². The number of hydrogen-bond acceptors (Lipinski definition) is 3. The number of benzene rings is 2. The van der Waals surface area contributed by atoms with Gasteiger partial charge in [-0.25, -0.2) is 4.21 Å². The maximum absolute atomic E-state index is 12.9. The summed E-state index contributed by atoms with van der Waals surface area (Å²) in [6.07, 6.45) is 2.38. The molecule has 0 bridgehead atoms. The quantitative estimate of drug-likeness (QED) is 0.600. The molecule has 30 heavy (non-hydrogen) atoms. The van der Waals surface area contributed by atoms with Crippen molar-refractivity contribution in [3.05, 3.63) is 80.7 Å². The number of hydrogen-bond donors (Lipinski definition) is 2. The average Bonchev–Trinajstić information content (AvgIpc) is 3.14. The molecule has 2 heterocycles. The molecule has 2 aromatic carbocycles. The van der Waals surface area contributed by atoms with E-state index in [1.54, 1.807) is 53.0 Å².